The van der Waals surface area contributed by atoms with Gasteiger partial charge >= 0.3 is 0 Å². The van der Waals surface area contributed by atoms with Crippen LogP contribution >= 0.6 is 11.6 Å². The van der Waals surface area contributed by atoms with E-state index in [9.17, 15) is 5.26 Å². The van der Waals surface area contributed by atoms with E-state index in [0.717, 1.165) is 31.7 Å². The predicted octanol–water partition coefficient (Wildman–Crippen LogP) is 3.32. The van der Waals surface area contributed by atoms with E-state index >= 15 is 0 Å². The molecule has 0 saturated carbocycles. The van der Waals surface area contributed by atoms with Gasteiger partial charge in [0.2, 0.25) is 0 Å². The molecule has 1 aromatic carbocycles. The molecule has 126 valence electrons. The SMILES string of the molecule is CC(C)N1CCN(C(C#N)c2[nH]c(-c3ccccc3)nc2Cl)CC1. The Morgan fingerprint density at radius 1 is 1.12 bits per heavy atom. The zero-order chi connectivity index (χ0) is 17.1. The van der Waals surface area contributed by atoms with Crippen molar-refractivity contribution in [2.24, 2.45) is 0 Å². The van der Waals surface area contributed by atoms with Gasteiger partial charge in [-0.25, -0.2) is 4.98 Å². The fourth-order valence-corrected chi connectivity index (χ4v) is 3.36. The molecule has 0 aliphatic carbocycles. The van der Waals surface area contributed by atoms with Crippen LogP contribution in [0, 0.1) is 11.3 Å². The van der Waals surface area contributed by atoms with Crippen molar-refractivity contribution in [3.8, 4) is 17.5 Å². The van der Waals surface area contributed by atoms with Crippen molar-refractivity contribution in [3.63, 3.8) is 0 Å². The fraction of sp³-hybridized carbons (Fsp3) is 0.444. The lowest BCUT2D eigenvalue weighted by Crippen LogP contribution is -2.49. The van der Waals surface area contributed by atoms with Crippen LogP contribution in [0.3, 0.4) is 0 Å². The monoisotopic (exact) mass is 343 g/mol. The van der Waals surface area contributed by atoms with Gasteiger partial charge in [0.15, 0.2) is 5.15 Å². The molecule has 0 amide bonds. The zero-order valence-electron chi connectivity index (χ0n) is 14.0. The minimum absolute atomic E-state index is 0.381. The number of nitriles is 1. The lowest BCUT2D eigenvalue weighted by atomic mass is 10.1. The molecular weight excluding hydrogens is 322 g/mol. The quantitative estimate of drug-likeness (QED) is 0.925. The normalized spacial score (nSPS) is 17.8. The van der Waals surface area contributed by atoms with E-state index in [1.54, 1.807) is 0 Å². The van der Waals surface area contributed by atoms with Crippen LogP contribution in [-0.2, 0) is 0 Å². The number of rotatable bonds is 4. The topological polar surface area (TPSA) is 59.0 Å². The number of aromatic amines is 1. The highest BCUT2D eigenvalue weighted by molar-refractivity contribution is 6.30. The maximum atomic E-state index is 9.70. The number of nitrogens with zero attached hydrogens (tertiary/aromatic N) is 4. The summed E-state index contributed by atoms with van der Waals surface area (Å²) in [7, 11) is 0. The van der Waals surface area contributed by atoms with Crippen molar-refractivity contribution < 1.29 is 0 Å². The van der Waals surface area contributed by atoms with Gasteiger partial charge in [0.1, 0.15) is 11.9 Å². The molecule has 1 aromatic heterocycles. The fourth-order valence-electron chi connectivity index (χ4n) is 3.12. The molecule has 5 nitrogen and oxygen atoms in total. The molecule has 1 unspecified atom stereocenters. The average Bonchev–Trinajstić information content (AvgIpc) is 2.99. The van der Waals surface area contributed by atoms with Crippen LogP contribution in [0.4, 0.5) is 0 Å². The second-order valence-electron chi connectivity index (χ2n) is 6.35. The zero-order valence-corrected chi connectivity index (χ0v) is 14.8. The molecule has 2 aromatic rings. The molecule has 1 N–H and O–H groups in total. The Morgan fingerprint density at radius 2 is 1.75 bits per heavy atom. The van der Waals surface area contributed by atoms with Gasteiger partial charge in [-0.05, 0) is 13.8 Å². The third-order valence-electron chi connectivity index (χ3n) is 4.57. The summed E-state index contributed by atoms with van der Waals surface area (Å²) in [5.74, 6) is 0.705. The number of nitrogens with one attached hydrogen (secondary N) is 1. The molecule has 24 heavy (non-hydrogen) atoms. The van der Waals surface area contributed by atoms with Crippen molar-refractivity contribution >= 4 is 11.6 Å². The molecule has 6 heteroatoms. The van der Waals surface area contributed by atoms with E-state index in [-0.39, 0.29) is 0 Å². The van der Waals surface area contributed by atoms with Gasteiger partial charge in [0.05, 0.1) is 11.8 Å². The number of hydrogen-bond donors (Lipinski definition) is 1. The molecule has 3 rings (SSSR count). The molecule has 0 radical (unpaired) electrons. The van der Waals surface area contributed by atoms with Crippen LogP contribution in [0.1, 0.15) is 25.6 Å². The summed E-state index contributed by atoms with van der Waals surface area (Å²) in [6.07, 6.45) is 0. The summed E-state index contributed by atoms with van der Waals surface area (Å²) >= 11 is 6.34. The highest BCUT2D eigenvalue weighted by Gasteiger charge is 2.29. The van der Waals surface area contributed by atoms with Gasteiger partial charge in [0, 0.05) is 37.8 Å². The van der Waals surface area contributed by atoms with E-state index in [0.29, 0.717) is 22.7 Å². The number of aromatic nitrogens is 2. The highest BCUT2D eigenvalue weighted by atomic mass is 35.5. The van der Waals surface area contributed by atoms with Gasteiger partial charge in [0.25, 0.3) is 0 Å². The van der Waals surface area contributed by atoms with Crippen molar-refractivity contribution in [2.45, 2.75) is 25.9 Å². The first-order chi connectivity index (χ1) is 11.6. The third kappa shape index (κ3) is 3.46. The molecule has 1 saturated heterocycles. The number of benzene rings is 1. The van der Waals surface area contributed by atoms with Gasteiger partial charge in [-0.3, -0.25) is 9.80 Å². The van der Waals surface area contributed by atoms with Gasteiger partial charge in [-0.1, -0.05) is 41.9 Å². The lowest BCUT2D eigenvalue weighted by molar-refractivity contribution is 0.0923. The van der Waals surface area contributed by atoms with Crippen LogP contribution in [0.5, 0.6) is 0 Å². The number of piperazine rings is 1. The number of hydrogen-bond acceptors (Lipinski definition) is 4. The second kappa shape index (κ2) is 7.35. The molecule has 1 aliphatic heterocycles. The second-order valence-corrected chi connectivity index (χ2v) is 6.71. The van der Waals surface area contributed by atoms with E-state index in [2.05, 4.69) is 39.7 Å². The van der Waals surface area contributed by atoms with Crippen LogP contribution in [0.2, 0.25) is 5.15 Å². The first-order valence-corrected chi connectivity index (χ1v) is 8.66. The largest absolute Gasteiger partial charge is 0.338 e. The van der Waals surface area contributed by atoms with Crippen molar-refractivity contribution in [1.82, 2.24) is 19.8 Å². The van der Waals surface area contributed by atoms with Crippen LogP contribution in [0.15, 0.2) is 30.3 Å². The Balaban J connectivity index is 1.80. The first-order valence-electron chi connectivity index (χ1n) is 8.28. The van der Waals surface area contributed by atoms with Crippen molar-refractivity contribution in [1.29, 1.82) is 5.26 Å². The number of imidazole rings is 1. The molecule has 2 heterocycles. The van der Waals surface area contributed by atoms with Gasteiger partial charge in [-0.2, -0.15) is 5.26 Å². The van der Waals surface area contributed by atoms with Gasteiger partial charge in [-0.15, -0.1) is 0 Å². The Hall–Kier alpha value is -1.87. The maximum absolute atomic E-state index is 9.70. The van der Waals surface area contributed by atoms with Crippen molar-refractivity contribution in [2.75, 3.05) is 26.2 Å². The predicted molar refractivity (Wildman–Crippen MR) is 95.7 cm³/mol. The van der Waals surface area contributed by atoms with Crippen LogP contribution in [0.25, 0.3) is 11.4 Å². The van der Waals surface area contributed by atoms with E-state index < -0.39 is 6.04 Å². The Labute approximate surface area is 147 Å². The molecule has 1 fully saturated rings. The summed E-state index contributed by atoms with van der Waals surface area (Å²) in [5, 5.41) is 10.1. The minimum atomic E-state index is -0.392. The van der Waals surface area contributed by atoms with Crippen molar-refractivity contribution in [3.05, 3.63) is 41.2 Å². The smallest absolute Gasteiger partial charge is 0.153 e. The average molecular weight is 344 g/mol. The highest BCUT2D eigenvalue weighted by Crippen LogP contribution is 2.29. The van der Waals surface area contributed by atoms with Gasteiger partial charge < -0.3 is 4.98 Å². The number of halogens is 1. The molecule has 1 atom stereocenters. The Morgan fingerprint density at radius 3 is 2.33 bits per heavy atom. The summed E-state index contributed by atoms with van der Waals surface area (Å²) in [4.78, 5) is 12.3. The number of H-pyrrole nitrogens is 1. The summed E-state index contributed by atoms with van der Waals surface area (Å²) in [6.45, 7) is 8.05. The minimum Gasteiger partial charge on any atom is -0.338 e. The summed E-state index contributed by atoms with van der Waals surface area (Å²) in [6, 6.07) is 12.4. The summed E-state index contributed by atoms with van der Waals surface area (Å²) in [5.41, 5.74) is 1.66. The van der Waals surface area contributed by atoms with E-state index in [1.165, 1.54) is 0 Å². The Kier molecular flexibility index (Phi) is 5.20. The lowest BCUT2D eigenvalue weighted by Gasteiger charge is -2.38. The molecule has 0 spiro atoms. The van der Waals surface area contributed by atoms with E-state index in [4.69, 9.17) is 11.6 Å². The van der Waals surface area contributed by atoms with E-state index in [1.807, 2.05) is 30.3 Å². The first kappa shape index (κ1) is 17.0. The van der Waals surface area contributed by atoms with Crippen LogP contribution < -0.4 is 0 Å². The summed E-state index contributed by atoms with van der Waals surface area (Å²) < 4.78 is 0. The molecule has 0 bridgehead atoms. The Bertz CT molecular complexity index is 711. The molecular formula is C18H22ClN5. The third-order valence-corrected chi connectivity index (χ3v) is 4.86. The van der Waals surface area contributed by atoms with Crippen LogP contribution in [-0.4, -0.2) is 52.0 Å². The standard InChI is InChI=1S/C18H22ClN5/c1-13(2)23-8-10-24(11-9-23)15(12-20)16-17(19)22-18(21-16)14-6-4-3-5-7-14/h3-7,13,15H,8-11H2,1-2H3,(H,21,22). The molecule has 1 aliphatic rings. The maximum Gasteiger partial charge on any atom is 0.153 e.